The molecule has 2 atom stereocenters. The Balaban J connectivity index is 2.50. The smallest absolute Gasteiger partial charge is 0.407 e. The van der Waals surface area contributed by atoms with Gasteiger partial charge in [-0.05, 0) is 56.9 Å². The third-order valence-electron chi connectivity index (χ3n) is 5.40. The van der Waals surface area contributed by atoms with Crippen molar-refractivity contribution < 1.29 is 14.3 Å². The maximum Gasteiger partial charge on any atom is 0.407 e. The number of alkyl carbamates (subject to hydrolysis) is 1. The van der Waals surface area contributed by atoms with Gasteiger partial charge in [0.15, 0.2) is 0 Å². The fourth-order valence-corrected chi connectivity index (χ4v) is 4.10. The number of fused-ring (bicyclic) bond motifs is 1. The average Bonchev–Trinajstić information content (AvgIpc) is 2.59. The molecule has 2 rings (SSSR count). The van der Waals surface area contributed by atoms with E-state index in [0.29, 0.717) is 12.0 Å². The van der Waals surface area contributed by atoms with Crippen LogP contribution in [-0.2, 0) is 21.3 Å². The number of hydrogen-bond acceptors (Lipinski definition) is 4. The van der Waals surface area contributed by atoms with E-state index in [2.05, 4.69) is 25.2 Å². The SMILES string of the molecule is CCC1(CC)c2cc(C#N)ccc2C[C@H](OC)C1NC(=O)OC(C)(C)C. The molecule has 1 aliphatic rings. The predicted molar refractivity (Wildman–Crippen MR) is 101 cm³/mol. The molecule has 0 heterocycles. The van der Waals surface area contributed by atoms with Crippen molar-refractivity contribution >= 4 is 6.09 Å². The van der Waals surface area contributed by atoms with Gasteiger partial charge in [-0.15, -0.1) is 0 Å². The van der Waals surface area contributed by atoms with Crippen LogP contribution in [0.1, 0.15) is 64.2 Å². The van der Waals surface area contributed by atoms with E-state index >= 15 is 0 Å². The molecule has 1 aliphatic carbocycles. The van der Waals surface area contributed by atoms with Gasteiger partial charge in [-0.3, -0.25) is 0 Å². The highest BCUT2D eigenvalue weighted by atomic mass is 16.6. The first-order valence-corrected chi connectivity index (χ1v) is 9.26. The molecule has 0 aromatic heterocycles. The van der Waals surface area contributed by atoms with Crippen molar-refractivity contribution in [3.63, 3.8) is 0 Å². The Kier molecular flexibility index (Phi) is 5.98. The van der Waals surface area contributed by atoms with E-state index in [-0.39, 0.29) is 17.6 Å². The number of ether oxygens (including phenoxy) is 2. The second-order valence-corrected chi connectivity index (χ2v) is 7.95. The number of nitriles is 1. The van der Waals surface area contributed by atoms with Crippen LogP contribution >= 0.6 is 0 Å². The minimum Gasteiger partial charge on any atom is -0.444 e. The summed E-state index contributed by atoms with van der Waals surface area (Å²) in [6.07, 6.45) is 1.76. The first-order valence-electron chi connectivity index (χ1n) is 9.26. The summed E-state index contributed by atoms with van der Waals surface area (Å²) in [7, 11) is 1.68. The summed E-state index contributed by atoms with van der Waals surface area (Å²) >= 11 is 0. The maximum atomic E-state index is 12.5. The quantitative estimate of drug-likeness (QED) is 0.880. The van der Waals surface area contributed by atoms with Gasteiger partial charge in [0.1, 0.15) is 5.60 Å². The molecule has 1 aromatic rings. The lowest BCUT2D eigenvalue weighted by atomic mass is 9.62. The molecule has 5 heteroatoms. The van der Waals surface area contributed by atoms with Gasteiger partial charge in [-0.2, -0.15) is 5.26 Å². The Hall–Kier alpha value is -2.06. The van der Waals surface area contributed by atoms with Crippen LogP contribution in [-0.4, -0.2) is 30.9 Å². The number of carbonyl (C=O) groups excluding carboxylic acids is 1. The second-order valence-electron chi connectivity index (χ2n) is 7.95. The minimum absolute atomic E-state index is 0.150. The van der Waals surface area contributed by atoms with Crippen LogP contribution in [0.3, 0.4) is 0 Å². The van der Waals surface area contributed by atoms with Crippen molar-refractivity contribution in [3.8, 4) is 6.07 Å². The van der Waals surface area contributed by atoms with Gasteiger partial charge in [-0.25, -0.2) is 4.79 Å². The van der Waals surface area contributed by atoms with Gasteiger partial charge in [0.25, 0.3) is 0 Å². The number of benzene rings is 1. The van der Waals surface area contributed by atoms with Gasteiger partial charge in [-0.1, -0.05) is 19.9 Å². The van der Waals surface area contributed by atoms with E-state index in [0.717, 1.165) is 18.4 Å². The van der Waals surface area contributed by atoms with Crippen LogP contribution in [0.5, 0.6) is 0 Å². The first kappa shape index (κ1) is 20.3. The highest BCUT2D eigenvalue weighted by Crippen LogP contribution is 2.44. The van der Waals surface area contributed by atoms with E-state index < -0.39 is 11.7 Å². The van der Waals surface area contributed by atoms with Crippen LogP contribution in [0.4, 0.5) is 4.79 Å². The fourth-order valence-electron chi connectivity index (χ4n) is 4.10. The van der Waals surface area contributed by atoms with Crippen molar-refractivity contribution in [2.45, 2.75) is 77.0 Å². The molecule has 1 aromatic carbocycles. The van der Waals surface area contributed by atoms with Gasteiger partial charge >= 0.3 is 6.09 Å². The Labute approximate surface area is 156 Å². The first-order chi connectivity index (χ1) is 12.2. The summed E-state index contributed by atoms with van der Waals surface area (Å²) in [6, 6.07) is 7.85. The molecule has 0 spiro atoms. The number of hydrogen-bond donors (Lipinski definition) is 1. The Morgan fingerprint density at radius 3 is 2.50 bits per heavy atom. The van der Waals surface area contributed by atoms with Crippen LogP contribution in [0.2, 0.25) is 0 Å². The number of rotatable bonds is 4. The van der Waals surface area contributed by atoms with Gasteiger partial charge < -0.3 is 14.8 Å². The van der Waals surface area contributed by atoms with Gasteiger partial charge in [0, 0.05) is 18.9 Å². The summed E-state index contributed by atoms with van der Waals surface area (Å²) in [5.41, 5.74) is 2.09. The van der Waals surface area contributed by atoms with Crippen LogP contribution in [0, 0.1) is 11.3 Å². The monoisotopic (exact) mass is 358 g/mol. The zero-order valence-corrected chi connectivity index (χ0v) is 16.7. The lowest BCUT2D eigenvalue weighted by molar-refractivity contribution is 0.00830. The van der Waals surface area contributed by atoms with Crippen molar-refractivity contribution in [2.75, 3.05) is 7.11 Å². The number of methoxy groups -OCH3 is 1. The summed E-state index contributed by atoms with van der Waals surface area (Å²) < 4.78 is 11.3. The topological polar surface area (TPSA) is 71.3 Å². The molecule has 0 bridgehead atoms. The Bertz CT molecular complexity index is 696. The maximum absolute atomic E-state index is 12.5. The van der Waals surface area contributed by atoms with E-state index in [4.69, 9.17) is 9.47 Å². The third kappa shape index (κ3) is 3.86. The molecule has 0 fully saturated rings. The second kappa shape index (κ2) is 7.67. The molecule has 1 amide bonds. The van der Waals surface area contributed by atoms with Crippen molar-refractivity contribution in [2.24, 2.45) is 0 Å². The lowest BCUT2D eigenvalue weighted by Crippen LogP contribution is -2.60. The van der Waals surface area contributed by atoms with Crippen molar-refractivity contribution in [1.29, 1.82) is 5.26 Å². The number of nitrogens with zero attached hydrogens (tertiary/aromatic N) is 1. The zero-order valence-electron chi connectivity index (χ0n) is 16.7. The molecular weight excluding hydrogens is 328 g/mol. The molecule has 142 valence electrons. The molecule has 0 saturated heterocycles. The Morgan fingerprint density at radius 2 is 2.00 bits per heavy atom. The Morgan fingerprint density at radius 1 is 1.35 bits per heavy atom. The molecular formula is C21H30N2O3. The molecule has 1 N–H and O–H groups in total. The molecule has 5 nitrogen and oxygen atoms in total. The van der Waals surface area contributed by atoms with E-state index in [1.165, 1.54) is 5.56 Å². The summed E-state index contributed by atoms with van der Waals surface area (Å²) in [4.78, 5) is 12.5. The lowest BCUT2D eigenvalue weighted by Gasteiger charge is -2.48. The van der Waals surface area contributed by atoms with Crippen molar-refractivity contribution in [1.82, 2.24) is 5.32 Å². The van der Waals surface area contributed by atoms with Crippen LogP contribution < -0.4 is 5.32 Å². The van der Waals surface area contributed by atoms with E-state index in [9.17, 15) is 10.1 Å². The third-order valence-corrected chi connectivity index (χ3v) is 5.40. The molecule has 0 aliphatic heterocycles. The number of amides is 1. The summed E-state index contributed by atoms with van der Waals surface area (Å²) in [6.45, 7) is 9.79. The minimum atomic E-state index is -0.561. The standard InChI is InChI=1S/C21H30N2O3/c1-7-21(8-2)16-11-14(13-22)9-10-15(16)12-17(25-6)18(21)23-19(24)26-20(3,4)5/h9-11,17-18H,7-8,12H2,1-6H3,(H,23,24)/t17-,18?/m0/s1. The highest BCUT2D eigenvalue weighted by molar-refractivity contribution is 5.69. The number of nitrogens with one attached hydrogen (secondary N) is 1. The predicted octanol–water partition coefficient (Wildman–Crippen LogP) is 4.08. The fraction of sp³-hybridized carbons (Fsp3) is 0.619. The van der Waals surface area contributed by atoms with E-state index in [1.807, 2.05) is 39.0 Å². The largest absolute Gasteiger partial charge is 0.444 e. The summed E-state index contributed by atoms with van der Waals surface area (Å²) in [5.74, 6) is 0. The zero-order chi connectivity index (χ0) is 19.5. The average molecular weight is 358 g/mol. The normalized spacial score (nSPS) is 21.4. The van der Waals surface area contributed by atoms with Crippen LogP contribution in [0.15, 0.2) is 18.2 Å². The van der Waals surface area contributed by atoms with Crippen molar-refractivity contribution in [3.05, 3.63) is 34.9 Å². The molecule has 26 heavy (non-hydrogen) atoms. The molecule has 0 radical (unpaired) electrons. The molecule has 1 unspecified atom stereocenters. The van der Waals surface area contributed by atoms with Gasteiger partial charge in [0.05, 0.1) is 23.8 Å². The summed E-state index contributed by atoms with van der Waals surface area (Å²) in [5, 5.41) is 12.4. The van der Waals surface area contributed by atoms with E-state index in [1.54, 1.807) is 7.11 Å². The van der Waals surface area contributed by atoms with Gasteiger partial charge in [0.2, 0.25) is 0 Å². The molecule has 0 saturated carbocycles. The number of carbonyl (C=O) groups is 1. The van der Waals surface area contributed by atoms with Crippen LogP contribution in [0.25, 0.3) is 0 Å². The highest BCUT2D eigenvalue weighted by Gasteiger charge is 2.48.